The van der Waals surface area contributed by atoms with Gasteiger partial charge in [-0.25, -0.2) is 0 Å². The molecule has 2 aromatic rings. The van der Waals surface area contributed by atoms with Gasteiger partial charge in [0.25, 0.3) is 5.91 Å². The predicted octanol–water partition coefficient (Wildman–Crippen LogP) is 2.94. The monoisotopic (exact) mass is 302 g/mol. The molecule has 0 atom stereocenters. The van der Waals surface area contributed by atoms with E-state index in [1.54, 1.807) is 6.07 Å². The number of rotatable bonds is 2. The molecule has 4 nitrogen and oxygen atoms in total. The van der Waals surface area contributed by atoms with Crippen LogP contribution in [0.2, 0.25) is 5.02 Å². The summed E-state index contributed by atoms with van der Waals surface area (Å²) in [5, 5.41) is 16.4. The Kier molecular flexibility index (Phi) is 3.82. The van der Waals surface area contributed by atoms with E-state index in [-0.39, 0.29) is 17.2 Å². The van der Waals surface area contributed by atoms with Crippen LogP contribution in [0.4, 0.5) is 5.69 Å². The second kappa shape index (κ2) is 5.76. The zero-order valence-corrected chi connectivity index (χ0v) is 12.1. The first-order chi connectivity index (χ1) is 10.1. The van der Waals surface area contributed by atoms with Crippen molar-refractivity contribution in [2.45, 2.75) is 13.0 Å². The number of fused-ring (bicyclic) bond motifs is 1. The number of phenolic OH excluding ortho intramolecular Hbond substituents is 1. The summed E-state index contributed by atoms with van der Waals surface area (Å²) in [5.74, 6) is -0.440. The Hall–Kier alpha value is -2.04. The van der Waals surface area contributed by atoms with Gasteiger partial charge >= 0.3 is 0 Å². The molecular weight excluding hydrogens is 288 g/mol. The molecule has 1 aliphatic heterocycles. The van der Waals surface area contributed by atoms with Crippen molar-refractivity contribution in [3.63, 3.8) is 0 Å². The number of carbonyl (C=O) groups is 1. The third-order valence-corrected chi connectivity index (χ3v) is 3.83. The molecule has 21 heavy (non-hydrogen) atoms. The normalized spacial score (nSPS) is 13.6. The van der Waals surface area contributed by atoms with Crippen molar-refractivity contribution in [2.24, 2.45) is 0 Å². The van der Waals surface area contributed by atoms with E-state index in [1.165, 1.54) is 17.7 Å². The van der Waals surface area contributed by atoms with E-state index >= 15 is 0 Å². The van der Waals surface area contributed by atoms with Gasteiger partial charge in [0, 0.05) is 17.3 Å². The van der Waals surface area contributed by atoms with Crippen molar-refractivity contribution in [1.82, 2.24) is 5.32 Å². The Morgan fingerprint density at radius 1 is 1.29 bits per heavy atom. The Bertz CT molecular complexity index is 701. The maximum absolute atomic E-state index is 12.3. The highest BCUT2D eigenvalue weighted by molar-refractivity contribution is 6.31. The largest absolute Gasteiger partial charge is 0.507 e. The molecule has 0 fully saturated rings. The molecule has 0 radical (unpaired) electrons. The van der Waals surface area contributed by atoms with E-state index in [9.17, 15) is 9.90 Å². The van der Waals surface area contributed by atoms with Gasteiger partial charge in [-0.1, -0.05) is 23.7 Å². The highest BCUT2D eigenvalue weighted by Crippen LogP contribution is 2.26. The lowest BCUT2D eigenvalue weighted by molar-refractivity contribution is 0.102. The van der Waals surface area contributed by atoms with Crippen molar-refractivity contribution in [2.75, 3.05) is 11.9 Å². The molecule has 0 saturated carbocycles. The number of amides is 1. The molecule has 1 heterocycles. The molecule has 1 aliphatic rings. The fourth-order valence-electron chi connectivity index (χ4n) is 2.53. The highest BCUT2D eigenvalue weighted by Gasteiger charge is 2.16. The minimum atomic E-state index is -0.359. The van der Waals surface area contributed by atoms with Crippen LogP contribution in [0.5, 0.6) is 5.75 Å². The first-order valence-corrected chi connectivity index (χ1v) is 7.14. The number of nitrogens with one attached hydrogen (secondary N) is 2. The Morgan fingerprint density at radius 3 is 3.00 bits per heavy atom. The Labute approximate surface area is 127 Å². The lowest BCUT2D eigenvalue weighted by Gasteiger charge is -2.20. The second-order valence-corrected chi connectivity index (χ2v) is 5.42. The molecule has 3 rings (SSSR count). The summed E-state index contributed by atoms with van der Waals surface area (Å²) in [6, 6.07) is 10.3. The Balaban J connectivity index is 1.90. The zero-order valence-electron chi connectivity index (χ0n) is 11.3. The first-order valence-electron chi connectivity index (χ1n) is 6.76. The quantitative estimate of drug-likeness (QED) is 0.799. The van der Waals surface area contributed by atoms with Crippen molar-refractivity contribution in [1.29, 1.82) is 0 Å². The summed E-state index contributed by atoms with van der Waals surface area (Å²) < 4.78 is 0. The van der Waals surface area contributed by atoms with Crippen LogP contribution in [0.3, 0.4) is 0 Å². The topological polar surface area (TPSA) is 61.4 Å². The summed E-state index contributed by atoms with van der Waals surface area (Å²) >= 11 is 5.88. The van der Waals surface area contributed by atoms with Gasteiger partial charge in [-0.15, -0.1) is 0 Å². The fraction of sp³-hybridized carbons (Fsp3) is 0.188. The van der Waals surface area contributed by atoms with E-state index < -0.39 is 0 Å². The van der Waals surface area contributed by atoms with E-state index in [0.29, 0.717) is 5.02 Å². The van der Waals surface area contributed by atoms with E-state index in [2.05, 4.69) is 10.6 Å². The van der Waals surface area contributed by atoms with Gasteiger partial charge in [0.2, 0.25) is 0 Å². The van der Waals surface area contributed by atoms with E-state index in [0.717, 1.165) is 30.8 Å². The van der Waals surface area contributed by atoms with Gasteiger partial charge in [-0.05, 0) is 48.4 Å². The van der Waals surface area contributed by atoms with Crippen LogP contribution in [0, 0.1) is 0 Å². The van der Waals surface area contributed by atoms with Crippen LogP contribution in [-0.2, 0) is 13.0 Å². The van der Waals surface area contributed by atoms with Gasteiger partial charge in [-0.3, -0.25) is 4.79 Å². The van der Waals surface area contributed by atoms with E-state index in [1.807, 2.05) is 18.2 Å². The third kappa shape index (κ3) is 2.86. The van der Waals surface area contributed by atoms with Crippen LogP contribution < -0.4 is 10.6 Å². The van der Waals surface area contributed by atoms with Crippen molar-refractivity contribution >= 4 is 23.2 Å². The maximum Gasteiger partial charge on any atom is 0.259 e. The number of hydrogen-bond donors (Lipinski definition) is 3. The molecular formula is C16H15ClN2O2. The summed E-state index contributed by atoms with van der Waals surface area (Å²) in [6.45, 7) is 1.70. The van der Waals surface area contributed by atoms with Gasteiger partial charge in [0.05, 0.1) is 5.56 Å². The molecule has 0 spiro atoms. The second-order valence-electron chi connectivity index (χ2n) is 4.99. The van der Waals surface area contributed by atoms with Crippen LogP contribution in [-0.4, -0.2) is 17.6 Å². The van der Waals surface area contributed by atoms with Gasteiger partial charge in [-0.2, -0.15) is 0 Å². The maximum atomic E-state index is 12.3. The molecule has 0 bridgehead atoms. The Morgan fingerprint density at radius 2 is 2.14 bits per heavy atom. The van der Waals surface area contributed by atoms with Crippen molar-refractivity contribution in [3.8, 4) is 5.75 Å². The molecule has 108 valence electrons. The highest BCUT2D eigenvalue weighted by atomic mass is 35.5. The standard InChI is InChI=1S/C16H15ClN2O2/c17-11-4-5-15(20)13(8-11)16(21)19-14-3-1-2-10-9-18-7-6-12(10)14/h1-5,8,18,20H,6-7,9H2,(H,19,21). The molecule has 3 N–H and O–H groups in total. The number of carbonyl (C=O) groups excluding carboxylic acids is 1. The van der Waals surface area contributed by atoms with Crippen LogP contribution in [0.1, 0.15) is 21.5 Å². The molecule has 0 aromatic heterocycles. The van der Waals surface area contributed by atoms with Crippen molar-refractivity contribution in [3.05, 3.63) is 58.1 Å². The minimum Gasteiger partial charge on any atom is -0.507 e. The average Bonchev–Trinajstić information content (AvgIpc) is 2.50. The number of aromatic hydroxyl groups is 1. The summed E-state index contributed by atoms with van der Waals surface area (Å²) in [5.41, 5.74) is 3.30. The summed E-state index contributed by atoms with van der Waals surface area (Å²) in [7, 11) is 0. The number of hydrogen-bond acceptors (Lipinski definition) is 3. The number of halogens is 1. The molecule has 2 aromatic carbocycles. The molecule has 0 saturated heterocycles. The van der Waals surface area contributed by atoms with Gasteiger partial charge < -0.3 is 15.7 Å². The third-order valence-electron chi connectivity index (χ3n) is 3.59. The molecule has 5 heteroatoms. The summed E-state index contributed by atoms with van der Waals surface area (Å²) in [6.07, 6.45) is 0.868. The first kappa shape index (κ1) is 13.9. The minimum absolute atomic E-state index is 0.0802. The smallest absolute Gasteiger partial charge is 0.259 e. The summed E-state index contributed by atoms with van der Waals surface area (Å²) in [4.78, 5) is 12.3. The number of benzene rings is 2. The fourth-order valence-corrected chi connectivity index (χ4v) is 2.70. The molecule has 0 unspecified atom stereocenters. The number of phenols is 1. The lowest BCUT2D eigenvalue weighted by atomic mass is 9.99. The predicted molar refractivity (Wildman–Crippen MR) is 82.9 cm³/mol. The lowest BCUT2D eigenvalue weighted by Crippen LogP contribution is -2.25. The van der Waals surface area contributed by atoms with Gasteiger partial charge in [0.15, 0.2) is 0 Å². The SMILES string of the molecule is O=C(Nc1cccc2c1CCNC2)c1cc(Cl)ccc1O. The van der Waals surface area contributed by atoms with Crippen LogP contribution >= 0.6 is 11.6 Å². The van der Waals surface area contributed by atoms with Crippen LogP contribution in [0.25, 0.3) is 0 Å². The molecule has 1 amide bonds. The van der Waals surface area contributed by atoms with E-state index in [4.69, 9.17) is 11.6 Å². The average molecular weight is 303 g/mol. The number of anilines is 1. The molecule has 0 aliphatic carbocycles. The van der Waals surface area contributed by atoms with Crippen molar-refractivity contribution < 1.29 is 9.90 Å². The zero-order chi connectivity index (χ0) is 14.8. The van der Waals surface area contributed by atoms with Gasteiger partial charge in [0.1, 0.15) is 5.75 Å². The van der Waals surface area contributed by atoms with Crippen LogP contribution in [0.15, 0.2) is 36.4 Å².